The number of rotatable bonds is 2. The SMILES string of the molecule is O=Cc1ccc2oc(=O)oc2c1C=O. The fraction of sp³-hybridized carbons (Fsp3) is 0. The number of aldehydes is 2. The Morgan fingerprint density at radius 1 is 1.07 bits per heavy atom. The molecule has 0 amide bonds. The van der Waals surface area contributed by atoms with E-state index in [4.69, 9.17) is 0 Å². The lowest BCUT2D eigenvalue weighted by Crippen LogP contribution is -1.90. The van der Waals surface area contributed by atoms with Crippen molar-refractivity contribution in [3.05, 3.63) is 33.9 Å². The zero-order chi connectivity index (χ0) is 10.1. The summed E-state index contributed by atoms with van der Waals surface area (Å²) in [6, 6.07) is 2.79. The Hall–Kier alpha value is -2.17. The average Bonchev–Trinajstić information content (AvgIpc) is 2.56. The summed E-state index contributed by atoms with van der Waals surface area (Å²) in [4.78, 5) is 31.9. The molecule has 0 bridgehead atoms. The van der Waals surface area contributed by atoms with Gasteiger partial charge in [-0.25, -0.2) is 4.79 Å². The zero-order valence-corrected chi connectivity index (χ0v) is 6.85. The van der Waals surface area contributed by atoms with Gasteiger partial charge in [0.1, 0.15) is 0 Å². The van der Waals surface area contributed by atoms with Gasteiger partial charge in [-0.15, -0.1) is 0 Å². The molecule has 0 atom stereocenters. The Morgan fingerprint density at radius 2 is 1.86 bits per heavy atom. The zero-order valence-electron chi connectivity index (χ0n) is 6.85. The van der Waals surface area contributed by atoms with Gasteiger partial charge in [-0.3, -0.25) is 9.59 Å². The average molecular weight is 192 g/mol. The van der Waals surface area contributed by atoms with Gasteiger partial charge in [-0.1, -0.05) is 0 Å². The molecular weight excluding hydrogens is 188 g/mol. The molecule has 5 nitrogen and oxygen atoms in total. The van der Waals surface area contributed by atoms with Crippen LogP contribution in [0.2, 0.25) is 0 Å². The number of carbonyl (C=O) groups is 2. The second kappa shape index (κ2) is 2.95. The first-order valence-electron chi connectivity index (χ1n) is 3.73. The summed E-state index contributed by atoms with van der Waals surface area (Å²) < 4.78 is 9.23. The van der Waals surface area contributed by atoms with Gasteiger partial charge in [-0.2, -0.15) is 0 Å². The first-order chi connectivity index (χ1) is 6.76. The van der Waals surface area contributed by atoms with Gasteiger partial charge >= 0.3 is 5.82 Å². The first kappa shape index (κ1) is 8.43. The molecule has 0 aliphatic heterocycles. The van der Waals surface area contributed by atoms with E-state index >= 15 is 0 Å². The van der Waals surface area contributed by atoms with Gasteiger partial charge in [0.15, 0.2) is 23.7 Å². The molecule has 2 aromatic rings. The molecular formula is C9H4O5. The Bertz CT molecular complexity index is 560. The van der Waals surface area contributed by atoms with Gasteiger partial charge < -0.3 is 8.83 Å². The largest absolute Gasteiger partial charge is 0.519 e. The van der Waals surface area contributed by atoms with Crippen LogP contribution in [0, 0.1) is 0 Å². The van der Waals surface area contributed by atoms with E-state index in [1.165, 1.54) is 12.1 Å². The summed E-state index contributed by atoms with van der Waals surface area (Å²) in [5.74, 6) is -0.897. The van der Waals surface area contributed by atoms with Gasteiger partial charge in [0.25, 0.3) is 0 Å². The maximum absolute atomic E-state index is 10.7. The second-order valence-corrected chi connectivity index (χ2v) is 2.59. The van der Waals surface area contributed by atoms with E-state index in [9.17, 15) is 14.4 Å². The van der Waals surface area contributed by atoms with E-state index in [2.05, 4.69) is 8.83 Å². The number of hydrogen-bond donors (Lipinski definition) is 0. The van der Waals surface area contributed by atoms with Crippen LogP contribution in [0.1, 0.15) is 20.7 Å². The van der Waals surface area contributed by atoms with Crippen LogP contribution in [0.3, 0.4) is 0 Å². The van der Waals surface area contributed by atoms with Crippen molar-refractivity contribution < 1.29 is 18.4 Å². The van der Waals surface area contributed by atoms with Crippen molar-refractivity contribution in [2.45, 2.75) is 0 Å². The van der Waals surface area contributed by atoms with E-state index in [0.29, 0.717) is 12.6 Å². The third-order valence-electron chi connectivity index (χ3n) is 1.82. The molecule has 0 unspecified atom stereocenters. The molecule has 5 heteroatoms. The van der Waals surface area contributed by atoms with Crippen LogP contribution >= 0.6 is 0 Å². The maximum atomic E-state index is 10.7. The van der Waals surface area contributed by atoms with Crippen molar-refractivity contribution in [1.82, 2.24) is 0 Å². The topological polar surface area (TPSA) is 77.5 Å². The lowest BCUT2D eigenvalue weighted by atomic mass is 10.1. The van der Waals surface area contributed by atoms with E-state index in [-0.39, 0.29) is 22.3 Å². The highest BCUT2D eigenvalue weighted by Crippen LogP contribution is 2.18. The minimum atomic E-state index is -0.897. The van der Waals surface area contributed by atoms with Crippen molar-refractivity contribution in [3.63, 3.8) is 0 Å². The minimum absolute atomic E-state index is 0.00889. The predicted octanol–water partition coefficient (Wildman–Crippen LogP) is 1.01. The summed E-state index contributed by atoms with van der Waals surface area (Å²) in [6.45, 7) is 0. The van der Waals surface area contributed by atoms with Crippen molar-refractivity contribution >= 4 is 23.7 Å². The van der Waals surface area contributed by atoms with Crippen LogP contribution < -0.4 is 5.82 Å². The molecule has 1 aromatic carbocycles. The predicted molar refractivity (Wildman–Crippen MR) is 45.5 cm³/mol. The molecule has 2 rings (SSSR count). The standard InChI is InChI=1S/C9H4O5/c10-3-5-1-2-7-8(6(5)4-11)14-9(12)13-7/h1-4H. The van der Waals surface area contributed by atoms with Crippen molar-refractivity contribution in [1.29, 1.82) is 0 Å². The summed E-state index contributed by atoms with van der Waals surface area (Å²) >= 11 is 0. The Balaban J connectivity index is 2.95. The molecule has 0 saturated heterocycles. The number of carbonyl (C=O) groups excluding carboxylic acids is 2. The smallest absolute Gasteiger partial charge is 0.391 e. The first-order valence-corrected chi connectivity index (χ1v) is 3.73. The van der Waals surface area contributed by atoms with Crippen molar-refractivity contribution in [2.75, 3.05) is 0 Å². The van der Waals surface area contributed by atoms with Crippen molar-refractivity contribution in [3.8, 4) is 0 Å². The summed E-state index contributed by atoms with van der Waals surface area (Å²) in [5.41, 5.74) is 0.359. The van der Waals surface area contributed by atoms with E-state index in [1.807, 2.05) is 0 Å². The van der Waals surface area contributed by atoms with Crippen LogP contribution in [0.15, 0.2) is 25.8 Å². The lowest BCUT2D eigenvalue weighted by molar-refractivity contribution is 0.109. The molecule has 14 heavy (non-hydrogen) atoms. The Labute approximate surface area is 76.9 Å². The van der Waals surface area contributed by atoms with Gasteiger partial charge in [0.2, 0.25) is 0 Å². The molecule has 0 N–H and O–H groups in total. The Kier molecular flexibility index (Phi) is 1.78. The molecule has 70 valence electrons. The molecule has 0 saturated carbocycles. The summed E-state index contributed by atoms with van der Waals surface area (Å²) in [5, 5.41) is 0. The number of benzene rings is 1. The molecule has 1 heterocycles. The molecule has 0 radical (unpaired) electrons. The van der Waals surface area contributed by atoms with Gasteiger partial charge in [0, 0.05) is 5.56 Å². The van der Waals surface area contributed by atoms with Crippen LogP contribution in [-0.4, -0.2) is 12.6 Å². The van der Waals surface area contributed by atoms with Gasteiger partial charge in [-0.05, 0) is 12.1 Å². The Morgan fingerprint density at radius 3 is 2.50 bits per heavy atom. The minimum Gasteiger partial charge on any atom is -0.391 e. The van der Waals surface area contributed by atoms with Crippen LogP contribution in [0.25, 0.3) is 11.2 Å². The van der Waals surface area contributed by atoms with E-state index < -0.39 is 5.82 Å². The molecule has 1 aromatic heterocycles. The van der Waals surface area contributed by atoms with E-state index in [0.717, 1.165) is 0 Å². The highest BCUT2D eigenvalue weighted by atomic mass is 16.6. The highest BCUT2D eigenvalue weighted by Gasteiger charge is 2.12. The lowest BCUT2D eigenvalue weighted by Gasteiger charge is -1.93. The third-order valence-corrected chi connectivity index (χ3v) is 1.82. The van der Waals surface area contributed by atoms with E-state index in [1.54, 1.807) is 0 Å². The van der Waals surface area contributed by atoms with Crippen LogP contribution in [-0.2, 0) is 0 Å². The maximum Gasteiger partial charge on any atom is 0.519 e. The fourth-order valence-electron chi connectivity index (χ4n) is 1.20. The quantitative estimate of drug-likeness (QED) is 0.663. The highest BCUT2D eigenvalue weighted by molar-refractivity contribution is 6.00. The second-order valence-electron chi connectivity index (χ2n) is 2.59. The van der Waals surface area contributed by atoms with Crippen molar-refractivity contribution in [2.24, 2.45) is 0 Å². The van der Waals surface area contributed by atoms with Crippen LogP contribution in [0.5, 0.6) is 0 Å². The monoisotopic (exact) mass is 192 g/mol. The third kappa shape index (κ3) is 1.06. The van der Waals surface area contributed by atoms with Crippen LogP contribution in [0.4, 0.5) is 0 Å². The molecule has 0 spiro atoms. The summed E-state index contributed by atoms with van der Waals surface area (Å²) in [6.07, 6.45) is 0.959. The fourth-order valence-corrected chi connectivity index (χ4v) is 1.20. The number of fused-ring (bicyclic) bond motifs is 1. The summed E-state index contributed by atoms with van der Waals surface area (Å²) in [7, 11) is 0. The normalized spacial score (nSPS) is 10.3. The number of hydrogen-bond acceptors (Lipinski definition) is 5. The van der Waals surface area contributed by atoms with Gasteiger partial charge in [0.05, 0.1) is 5.56 Å². The molecule has 0 fully saturated rings. The molecule has 0 aliphatic carbocycles. The molecule has 0 aliphatic rings.